The van der Waals surface area contributed by atoms with E-state index in [0.29, 0.717) is 0 Å². The molecule has 1 aliphatic rings. The van der Waals surface area contributed by atoms with Gasteiger partial charge in [0.2, 0.25) is 5.78 Å². The number of carbonyl (C=O) groups excluding carboxylic acids is 2. The van der Waals surface area contributed by atoms with Crippen molar-refractivity contribution in [3.63, 3.8) is 0 Å². The van der Waals surface area contributed by atoms with E-state index in [0.717, 1.165) is 6.08 Å². The zero-order valence-corrected chi connectivity index (χ0v) is 4.80. The Hall–Kier alpha value is -1.32. The fourth-order valence-corrected chi connectivity index (χ4v) is 0.504. The molecule has 0 radical (unpaired) electrons. The van der Waals surface area contributed by atoms with Gasteiger partial charge in [0.05, 0.1) is 13.2 Å². The maximum atomic E-state index is 10.4. The van der Waals surface area contributed by atoms with Crippen molar-refractivity contribution in [3.05, 3.63) is 12.0 Å². The molecule has 4 heteroatoms. The second-order valence-electron chi connectivity index (χ2n) is 1.53. The summed E-state index contributed by atoms with van der Waals surface area (Å²) in [7, 11) is 1.38. The molecule has 0 aromatic rings. The summed E-state index contributed by atoms with van der Waals surface area (Å²) in [4.78, 5) is 20.7. The van der Waals surface area contributed by atoms with Crippen LogP contribution < -0.4 is 5.32 Å². The molecule has 1 amide bonds. The number of ketones is 1. The lowest BCUT2D eigenvalue weighted by atomic mass is 10.4. The molecule has 0 unspecified atom stereocenters. The van der Waals surface area contributed by atoms with Crippen molar-refractivity contribution in [2.24, 2.45) is 0 Å². The Morgan fingerprint density at radius 1 is 1.56 bits per heavy atom. The number of hydrogen-bond donors (Lipinski definition) is 1. The molecule has 1 aliphatic heterocycles. The molecular formula is C5H5NO3. The highest BCUT2D eigenvalue weighted by Gasteiger charge is 2.20. The topological polar surface area (TPSA) is 55.4 Å². The van der Waals surface area contributed by atoms with Crippen LogP contribution in [0.2, 0.25) is 0 Å². The third-order valence-corrected chi connectivity index (χ3v) is 0.943. The molecule has 0 aromatic heterocycles. The van der Waals surface area contributed by atoms with Crippen molar-refractivity contribution >= 4 is 11.7 Å². The summed E-state index contributed by atoms with van der Waals surface area (Å²) in [6.07, 6.45) is 1.11. The molecule has 1 N–H and O–H groups in total. The Morgan fingerprint density at radius 3 is 2.44 bits per heavy atom. The minimum absolute atomic E-state index is 0.213. The molecule has 1 heterocycles. The number of carbonyl (C=O) groups is 2. The summed E-state index contributed by atoms with van der Waals surface area (Å²) in [5.41, 5.74) is 0. The van der Waals surface area contributed by atoms with Crippen LogP contribution in [-0.2, 0) is 14.3 Å². The molecule has 0 atom stereocenters. The average Bonchev–Trinajstić information content (AvgIpc) is 2.13. The number of nitrogens with one attached hydrogen (secondary N) is 1. The predicted octanol–water partition coefficient (Wildman–Crippen LogP) is -0.827. The smallest absolute Gasteiger partial charge is 0.298 e. The Balaban J connectivity index is 2.74. The summed E-state index contributed by atoms with van der Waals surface area (Å²) in [6, 6.07) is 0. The second kappa shape index (κ2) is 1.89. The molecule has 0 saturated heterocycles. The monoisotopic (exact) mass is 127 g/mol. The van der Waals surface area contributed by atoms with E-state index in [1.54, 1.807) is 0 Å². The second-order valence-corrected chi connectivity index (χ2v) is 1.53. The van der Waals surface area contributed by atoms with Crippen LogP contribution in [0.15, 0.2) is 12.0 Å². The van der Waals surface area contributed by atoms with Crippen molar-refractivity contribution < 1.29 is 14.3 Å². The molecule has 0 aromatic carbocycles. The van der Waals surface area contributed by atoms with Gasteiger partial charge in [-0.25, -0.2) is 0 Å². The first-order valence-corrected chi connectivity index (χ1v) is 2.35. The summed E-state index contributed by atoms with van der Waals surface area (Å²) in [5, 5.41) is 2.20. The van der Waals surface area contributed by atoms with Crippen LogP contribution in [0.25, 0.3) is 0 Å². The largest absolute Gasteiger partial charge is 0.482 e. The van der Waals surface area contributed by atoms with Crippen molar-refractivity contribution in [1.82, 2.24) is 5.32 Å². The van der Waals surface area contributed by atoms with E-state index < -0.39 is 11.7 Å². The van der Waals surface area contributed by atoms with Gasteiger partial charge in [0.1, 0.15) is 0 Å². The molecule has 4 nitrogen and oxygen atoms in total. The number of amides is 1. The Labute approximate surface area is 51.5 Å². The van der Waals surface area contributed by atoms with Crippen LogP contribution in [0.4, 0.5) is 0 Å². The van der Waals surface area contributed by atoms with Gasteiger partial charge >= 0.3 is 0 Å². The third kappa shape index (κ3) is 0.910. The van der Waals surface area contributed by atoms with Gasteiger partial charge in [0, 0.05) is 0 Å². The van der Waals surface area contributed by atoms with Gasteiger partial charge in [-0.3, -0.25) is 14.9 Å². The van der Waals surface area contributed by atoms with Gasteiger partial charge in [0.25, 0.3) is 5.91 Å². The first kappa shape index (κ1) is 5.81. The number of ether oxygens (including phenoxy) is 1. The molecule has 1 rings (SSSR count). The quantitative estimate of drug-likeness (QED) is 0.468. The Kier molecular flexibility index (Phi) is 1.22. The minimum atomic E-state index is -0.633. The molecule has 0 fully saturated rings. The Morgan fingerprint density at radius 2 is 2.22 bits per heavy atom. The average molecular weight is 127 g/mol. The van der Waals surface area contributed by atoms with E-state index in [4.69, 9.17) is 0 Å². The van der Waals surface area contributed by atoms with Gasteiger partial charge < -0.3 is 4.74 Å². The molecule has 0 spiro atoms. The SMILES string of the molecule is COC1=CC(=O)C(=O)N1. The van der Waals surface area contributed by atoms with Gasteiger partial charge in [-0.1, -0.05) is 0 Å². The lowest BCUT2D eigenvalue weighted by Gasteiger charge is -1.95. The first-order valence-electron chi connectivity index (χ1n) is 2.35. The van der Waals surface area contributed by atoms with Gasteiger partial charge in [-0.05, 0) is 0 Å². The van der Waals surface area contributed by atoms with Crippen molar-refractivity contribution in [2.75, 3.05) is 7.11 Å². The van der Waals surface area contributed by atoms with E-state index in [-0.39, 0.29) is 5.88 Å². The lowest BCUT2D eigenvalue weighted by Crippen LogP contribution is -2.21. The summed E-state index contributed by atoms with van der Waals surface area (Å²) >= 11 is 0. The highest BCUT2D eigenvalue weighted by atomic mass is 16.5. The molecule has 48 valence electrons. The Bertz CT molecular complexity index is 194. The van der Waals surface area contributed by atoms with Crippen molar-refractivity contribution in [2.45, 2.75) is 0 Å². The van der Waals surface area contributed by atoms with E-state index in [1.165, 1.54) is 7.11 Å². The van der Waals surface area contributed by atoms with Crippen molar-refractivity contribution in [1.29, 1.82) is 0 Å². The van der Waals surface area contributed by atoms with Crippen LogP contribution >= 0.6 is 0 Å². The highest BCUT2D eigenvalue weighted by Crippen LogP contribution is 1.97. The maximum Gasteiger partial charge on any atom is 0.298 e. The molecule has 9 heavy (non-hydrogen) atoms. The number of hydrogen-bond acceptors (Lipinski definition) is 3. The van der Waals surface area contributed by atoms with Crippen LogP contribution in [0, 0.1) is 0 Å². The molecule has 0 bridgehead atoms. The fraction of sp³-hybridized carbons (Fsp3) is 0.200. The van der Waals surface area contributed by atoms with E-state index in [2.05, 4.69) is 10.1 Å². The molecular weight excluding hydrogens is 122 g/mol. The standard InChI is InChI=1S/C5H5NO3/c1-9-4-2-3(7)5(8)6-4/h2H,1H3,(H,6,7,8). The summed E-state index contributed by atoms with van der Waals surface area (Å²) in [6.45, 7) is 0. The predicted molar refractivity (Wildman–Crippen MR) is 28.2 cm³/mol. The highest BCUT2D eigenvalue weighted by molar-refractivity contribution is 6.43. The van der Waals surface area contributed by atoms with Crippen LogP contribution in [-0.4, -0.2) is 18.8 Å². The van der Waals surface area contributed by atoms with Gasteiger partial charge in [0.15, 0.2) is 5.88 Å². The van der Waals surface area contributed by atoms with E-state index in [1.807, 2.05) is 0 Å². The zero-order chi connectivity index (χ0) is 6.85. The van der Waals surface area contributed by atoms with Crippen LogP contribution in [0.5, 0.6) is 0 Å². The first-order chi connectivity index (χ1) is 4.24. The summed E-state index contributed by atoms with van der Waals surface area (Å²) in [5.74, 6) is -0.983. The number of rotatable bonds is 1. The minimum Gasteiger partial charge on any atom is -0.482 e. The van der Waals surface area contributed by atoms with Crippen molar-refractivity contribution in [3.8, 4) is 0 Å². The van der Waals surface area contributed by atoms with Crippen LogP contribution in [0.1, 0.15) is 0 Å². The normalized spacial score (nSPS) is 17.2. The molecule has 0 saturated carbocycles. The number of methoxy groups -OCH3 is 1. The maximum absolute atomic E-state index is 10.4. The van der Waals surface area contributed by atoms with Gasteiger partial charge in [-0.15, -0.1) is 0 Å². The molecule has 0 aliphatic carbocycles. The van der Waals surface area contributed by atoms with Gasteiger partial charge in [-0.2, -0.15) is 0 Å². The zero-order valence-electron chi connectivity index (χ0n) is 4.80. The van der Waals surface area contributed by atoms with E-state index in [9.17, 15) is 9.59 Å². The summed E-state index contributed by atoms with van der Waals surface area (Å²) < 4.78 is 4.56. The van der Waals surface area contributed by atoms with E-state index >= 15 is 0 Å². The third-order valence-electron chi connectivity index (χ3n) is 0.943. The fourth-order valence-electron chi connectivity index (χ4n) is 0.504. The van der Waals surface area contributed by atoms with Crippen LogP contribution in [0.3, 0.4) is 0 Å². The lowest BCUT2D eigenvalue weighted by molar-refractivity contribution is -0.133.